The summed E-state index contributed by atoms with van der Waals surface area (Å²) in [5.41, 5.74) is 0.0786. The minimum atomic E-state index is -0.542. The summed E-state index contributed by atoms with van der Waals surface area (Å²) in [7, 11) is 1.57. The predicted molar refractivity (Wildman–Crippen MR) is 71.6 cm³/mol. The van der Waals surface area contributed by atoms with Gasteiger partial charge in [0.2, 0.25) is 0 Å². The average Bonchev–Trinajstić information content (AvgIpc) is 2.36. The molecule has 0 aliphatic rings. The number of benzene rings is 1. The lowest BCUT2D eigenvalue weighted by atomic mass is 10.0. The largest absolute Gasteiger partial charge is 0.385 e. The number of ether oxygens (including phenoxy) is 1. The van der Waals surface area contributed by atoms with E-state index in [-0.39, 0.29) is 16.1 Å². The van der Waals surface area contributed by atoms with E-state index < -0.39 is 11.6 Å². The summed E-state index contributed by atoms with van der Waals surface area (Å²) in [6, 6.07) is 2.28. The van der Waals surface area contributed by atoms with Crippen LogP contribution in [-0.2, 0) is 4.74 Å². The fourth-order valence-corrected chi connectivity index (χ4v) is 2.11. The van der Waals surface area contributed by atoms with Crippen LogP contribution < -0.4 is 5.32 Å². The highest BCUT2D eigenvalue weighted by molar-refractivity contribution is 9.10. The molecule has 18 heavy (non-hydrogen) atoms. The first-order valence-electron chi connectivity index (χ1n) is 5.97. The van der Waals surface area contributed by atoms with E-state index >= 15 is 0 Å². The molecule has 0 aliphatic carbocycles. The number of methoxy groups -OCH3 is 1. The topological polar surface area (TPSA) is 21.3 Å². The van der Waals surface area contributed by atoms with E-state index in [4.69, 9.17) is 4.74 Å². The summed E-state index contributed by atoms with van der Waals surface area (Å²) in [6.07, 6.45) is 1.43. The maximum Gasteiger partial charge on any atom is 0.145 e. The minimum absolute atomic E-state index is 0.0786. The van der Waals surface area contributed by atoms with Crippen molar-refractivity contribution in [3.05, 3.63) is 33.8 Å². The van der Waals surface area contributed by atoms with Crippen molar-refractivity contribution in [2.75, 3.05) is 20.3 Å². The van der Waals surface area contributed by atoms with Crippen molar-refractivity contribution >= 4 is 15.9 Å². The van der Waals surface area contributed by atoms with Gasteiger partial charge in [0.15, 0.2) is 0 Å². The molecule has 0 saturated heterocycles. The Morgan fingerprint density at radius 1 is 1.39 bits per heavy atom. The SMILES string of the molecule is CCCNC(CCOC)c1c(F)ccc(Br)c1F. The first-order chi connectivity index (χ1) is 8.61. The van der Waals surface area contributed by atoms with Crippen LogP contribution in [0.2, 0.25) is 0 Å². The van der Waals surface area contributed by atoms with Gasteiger partial charge in [-0.05, 0) is 47.4 Å². The molecular formula is C13H18BrF2NO. The van der Waals surface area contributed by atoms with E-state index in [1.807, 2.05) is 6.92 Å². The first-order valence-corrected chi connectivity index (χ1v) is 6.76. The molecule has 0 fully saturated rings. The van der Waals surface area contributed by atoms with Crippen molar-refractivity contribution in [1.82, 2.24) is 5.32 Å². The predicted octanol–water partition coefficient (Wildman–Crippen LogP) is 3.80. The standard InChI is InChI=1S/C13H18BrF2NO/c1-3-7-17-11(6-8-18-2)12-10(15)5-4-9(14)13(12)16/h4-5,11,17H,3,6-8H2,1-2H3. The third-order valence-corrected chi connectivity index (χ3v) is 3.29. The lowest BCUT2D eigenvalue weighted by Gasteiger charge is -2.20. The molecule has 1 aromatic carbocycles. The summed E-state index contributed by atoms with van der Waals surface area (Å²) in [6.45, 7) is 3.17. The van der Waals surface area contributed by atoms with Crippen LogP contribution in [0.4, 0.5) is 8.78 Å². The Hall–Kier alpha value is -0.520. The van der Waals surface area contributed by atoms with Crippen molar-refractivity contribution in [1.29, 1.82) is 0 Å². The quantitative estimate of drug-likeness (QED) is 0.771. The lowest BCUT2D eigenvalue weighted by Crippen LogP contribution is -2.25. The Kier molecular flexibility index (Phi) is 6.75. The van der Waals surface area contributed by atoms with Gasteiger partial charge in [0.25, 0.3) is 0 Å². The fraction of sp³-hybridized carbons (Fsp3) is 0.538. The van der Waals surface area contributed by atoms with E-state index in [1.54, 1.807) is 7.11 Å². The van der Waals surface area contributed by atoms with Gasteiger partial charge in [0.1, 0.15) is 11.6 Å². The van der Waals surface area contributed by atoms with Crippen LogP contribution in [-0.4, -0.2) is 20.3 Å². The monoisotopic (exact) mass is 321 g/mol. The van der Waals surface area contributed by atoms with Crippen LogP contribution in [0.5, 0.6) is 0 Å². The Balaban J connectivity index is 2.99. The highest BCUT2D eigenvalue weighted by Gasteiger charge is 2.21. The van der Waals surface area contributed by atoms with E-state index in [2.05, 4.69) is 21.2 Å². The van der Waals surface area contributed by atoms with Gasteiger partial charge in [-0.25, -0.2) is 8.78 Å². The summed E-state index contributed by atoms with van der Waals surface area (Å²) < 4.78 is 33.1. The summed E-state index contributed by atoms with van der Waals surface area (Å²) >= 11 is 3.08. The van der Waals surface area contributed by atoms with Gasteiger partial charge in [-0.3, -0.25) is 0 Å². The van der Waals surface area contributed by atoms with Gasteiger partial charge in [0.05, 0.1) is 4.47 Å². The van der Waals surface area contributed by atoms with Crippen LogP contribution in [0.3, 0.4) is 0 Å². The molecule has 1 N–H and O–H groups in total. The number of halogens is 3. The molecule has 0 radical (unpaired) electrons. The number of hydrogen-bond donors (Lipinski definition) is 1. The second kappa shape index (κ2) is 7.81. The summed E-state index contributed by atoms with van der Waals surface area (Å²) in [5, 5.41) is 3.15. The molecule has 0 spiro atoms. The Bertz CT molecular complexity index is 379. The van der Waals surface area contributed by atoms with Crippen molar-refractivity contribution in [3.8, 4) is 0 Å². The molecule has 5 heteroatoms. The van der Waals surface area contributed by atoms with Gasteiger partial charge >= 0.3 is 0 Å². The van der Waals surface area contributed by atoms with Crippen molar-refractivity contribution < 1.29 is 13.5 Å². The van der Waals surface area contributed by atoms with E-state index in [1.165, 1.54) is 12.1 Å². The van der Waals surface area contributed by atoms with Gasteiger partial charge < -0.3 is 10.1 Å². The molecule has 102 valence electrons. The molecule has 1 unspecified atom stereocenters. The molecule has 0 heterocycles. The Morgan fingerprint density at radius 2 is 2.11 bits per heavy atom. The van der Waals surface area contributed by atoms with Crippen LogP contribution in [0, 0.1) is 11.6 Å². The van der Waals surface area contributed by atoms with Gasteiger partial charge in [0, 0.05) is 25.3 Å². The molecule has 0 saturated carbocycles. The average molecular weight is 322 g/mol. The van der Waals surface area contributed by atoms with Crippen LogP contribution in [0.1, 0.15) is 31.4 Å². The van der Waals surface area contributed by atoms with Crippen molar-refractivity contribution in [3.63, 3.8) is 0 Å². The van der Waals surface area contributed by atoms with Crippen LogP contribution in [0.25, 0.3) is 0 Å². The molecule has 1 aromatic rings. The van der Waals surface area contributed by atoms with Gasteiger partial charge in [-0.1, -0.05) is 6.92 Å². The maximum absolute atomic E-state index is 14.0. The third kappa shape index (κ3) is 4.00. The van der Waals surface area contributed by atoms with Crippen LogP contribution >= 0.6 is 15.9 Å². The van der Waals surface area contributed by atoms with Crippen molar-refractivity contribution in [2.24, 2.45) is 0 Å². The maximum atomic E-state index is 14.0. The minimum Gasteiger partial charge on any atom is -0.385 e. The number of rotatable bonds is 7. The van der Waals surface area contributed by atoms with Gasteiger partial charge in [-0.15, -0.1) is 0 Å². The Morgan fingerprint density at radius 3 is 2.72 bits per heavy atom. The summed E-state index contributed by atoms with van der Waals surface area (Å²) in [4.78, 5) is 0. The van der Waals surface area contributed by atoms with E-state index in [0.717, 1.165) is 6.42 Å². The molecule has 1 rings (SSSR count). The molecule has 2 nitrogen and oxygen atoms in total. The molecule has 0 bridgehead atoms. The first kappa shape index (κ1) is 15.5. The van der Waals surface area contributed by atoms with Crippen molar-refractivity contribution in [2.45, 2.75) is 25.8 Å². The number of hydrogen-bond acceptors (Lipinski definition) is 2. The fourth-order valence-electron chi connectivity index (χ4n) is 1.76. The molecule has 0 aromatic heterocycles. The van der Waals surface area contributed by atoms with E-state index in [9.17, 15) is 8.78 Å². The summed E-state index contributed by atoms with van der Waals surface area (Å²) in [5.74, 6) is -1.07. The zero-order chi connectivity index (χ0) is 13.5. The second-order valence-electron chi connectivity index (χ2n) is 4.05. The highest BCUT2D eigenvalue weighted by Crippen LogP contribution is 2.28. The Labute approximate surface area is 115 Å². The smallest absolute Gasteiger partial charge is 0.145 e. The molecule has 0 amide bonds. The lowest BCUT2D eigenvalue weighted by molar-refractivity contribution is 0.181. The van der Waals surface area contributed by atoms with Gasteiger partial charge in [-0.2, -0.15) is 0 Å². The highest BCUT2D eigenvalue weighted by atomic mass is 79.9. The third-order valence-electron chi connectivity index (χ3n) is 2.68. The molecule has 0 aliphatic heterocycles. The number of nitrogens with one attached hydrogen (secondary N) is 1. The molecular weight excluding hydrogens is 304 g/mol. The molecule has 1 atom stereocenters. The second-order valence-corrected chi connectivity index (χ2v) is 4.90. The normalized spacial score (nSPS) is 12.7. The zero-order valence-electron chi connectivity index (χ0n) is 10.6. The zero-order valence-corrected chi connectivity index (χ0v) is 12.2. The van der Waals surface area contributed by atoms with E-state index in [0.29, 0.717) is 19.6 Å². The van der Waals surface area contributed by atoms with Crippen LogP contribution in [0.15, 0.2) is 16.6 Å².